The molecule has 1 aliphatic rings. The summed E-state index contributed by atoms with van der Waals surface area (Å²) in [6.07, 6.45) is 0. The first-order valence-electron chi connectivity index (χ1n) is 10.1. The lowest BCUT2D eigenvalue weighted by Gasteiger charge is -2.23. The molecule has 28 heavy (non-hydrogen) atoms. The van der Waals surface area contributed by atoms with E-state index >= 15 is 0 Å². The van der Waals surface area contributed by atoms with E-state index in [9.17, 15) is 4.79 Å². The van der Waals surface area contributed by atoms with Gasteiger partial charge in [-0.3, -0.25) is 4.79 Å². The van der Waals surface area contributed by atoms with E-state index in [1.165, 1.54) is 21.9 Å². The van der Waals surface area contributed by atoms with Gasteiger partial charge in [0, 0.05) is 38.5 Å². The Morgan fingerprint density at radius 3 is 2.50 bits per heavy atom. The summed E-state index contributed by atoms with van der Waals surface area (Å²) < 4.78 is 0. The number of amides is 1. The minimum absolute atomic E-state index is 0.172. The summed E-state index contributed by atoms with van der Waals surface area (Å²) in [5, 5.41) is 6.34. The van der Waals surface area contributed by atoms with Crippen molar-refractivity contribution in [2.75, 3.05) is 19.6 Å². The van der Waals surface area contributed by atoms with Crippen LogP contribution in [0.4, 0.5) is 0 Å². The second-order valence-electron chi connectivity index (χ2n) is 7.90. The van der Waals surface area contributed by atoms with Gasteiger partial charge in [0.2, 0.25) is 5.91 Å². The van der Waals surface area contributed by atoms with Gasteiger partial charge in [-0.15, -0.1) is 0 Å². The van der Waals surface area contributed by atoms with Gasteiger partial charge in [0.25, 0.3) is 0 Å². The number of rotatable bonds is 5. The van der Waals surface area contributed by atoms with Crippen LogP contribution in [0.2, 0.25) is 0 Å². The molecule has 3 aromatic carbocycles. The van der Waals surface area contributed by atoms with Crippen molar-refractivity contribution in [3.63, 3.8) is 0 Å². The van der Waals surface area contributed by atoms with Crippen molar-refractivity contribution >= 4 is 16.7 Å². The molecule has 1 amide bonds. The molecule has 1 aliphatic heterocycles. The van der Waals surface area contributed by atoms with Crippen molar-refractivity contribution in [2.45, 2.75) is 25.8 Å². The Hall–Kier alpha value is -2.65. The van der Waals surface area contributed by atoms with Crippen molar-refractivity contribution in [2.24, 2.45) is 5.92 Å². The third-order valence-electron chi connectivity index (χ3n) is 6.09. The smallest absolute Gasteiger partial charge is 0.219 e. The monoisotopic (exact) mass is 372 g/mol. The number of nitrogens with zero attached hydrogens (tertiary/aromatic N) is 1. The van der Waals surface area contributed by atoms with E-state index in [-0.39, 0.29) is 11.9 Å². The van der Waals surface area contributed by atoms with Gasteiger partial charge < -0.3 is 10.2 Å². The van der Waals surface area contributed by atoms with Crippen LogP contribution in [0.3, 0.4) is 0 Å². The van der Waals surface area contributed by atoms with Crippen molar-refractivity contribution in [3.05, 3.63) is 83.9 Å². The Bertz CT molecular complexity index is 948. The van der Waals surface area contributed by atoms with Gasteiger partial charge in [-0.25, -0.2) is 0 Å². The molecule has 0 bridgehead atoms. The molecule has 1 saturated heterocycles. The summed E-state index contributed by atoms with van der Waals surface area (Å²) in [4.78, 5) is 14.0. The van der Waals surface area contributed by atoms with Crippen LogP contribution in [0.1, 0.15) is 36.9 Å². The third-order valence-corrected chi connectivity index (χ3v) is 6.09. The fourth-order valence-corrected chi connectivity index (χ4v) is 4.48. The summed E-state index contributed by atoms with van der Waals surface area (Å²) in [7, 11) is 0. The molecule has 3 aromatic rings. The zero-order valence-corrected chi connectivity index (χ0v) is 16.6. The Labute approximate surface area is 167 Å². The summed E-state index contributed by atoms with van der Waals surface area (Å²) in [6.45, 7) is 6.44. The fraction of sp³-hybridized carbons (Fsp3) is 0.320. The lowest BCUT2D eigenvalue weighted by Crippen LogP contribution is -2.31. The zero-order valence-electron chi connectivity index (χ0n) is 16.6. The Morgan fingerprint density at radius 2 is 1.71 bits per heavy atom. The first-order chi connectivity index (χ1) is 13.6. The maximum Gasteiger partial charge on any atom is 0.219 e. The van der Waals surface area contributed by atoms with E-state index in [0.717, 1.165) is 19.6 Å². The quantitative estimate of drug-likeness (QED) is 0.701. The Morgan fingerprint density at radius 1 is 1.00 bits per heavy atom. The molecule has 3 atom stereocenters. The van der Waals surface area contributed by atoms with Crippen molar-refractivity contribution < 1.29 is 4.79 Å². The van der Waals surface area contributed by atoms with E-state index < -0.39 is 0 Å². The van der Waals surface area contributed by atoms with Crippen molar-refractivity contribution in [1.29, 1.82) is 0 Å². The number of fused-ring (bicyclic) bond motifs is 1. The van der Waals surface area contributed by atoms with Gasteiger partial charge in [0.1, 0.15) is 0 Å². The topological polar surface area (TPSA) is 32.3 Å². The lowest BCUT2D eigenvalue weighted by molar-refractivity contribution is -0.127. The Kier molecular flexibility index (Phi) is 5.45. The van der Waals surface area contributed by atoms with E-state index in [2.05, 4.69) is 85.0 Å². The van der Waals surface area contributed by atoms with Crippen LogP contribution in [0.5, 0.6) is 0 Å². The van der Waals surface area contributed by atoms with Gasteiger partial charge in [-0.1, -0.05) is 72.8 Å². The standard InChI is InChI=1S/C25H28N2O/c1-18(23-14-8-12-20-11-6-7-13-24(20)23)26-15-22-16-27(19(2)28)17-25(22)21-9-4-3-5-10-21/h3-14,18,22,25-26H,15-17H2,1-2H3/t18-,22+,25-/m1/s1. The van der Waals surface area contributed by atoms with Crippen LogP contribution < -0.4 is 5.32 Å². The molecule has 0 unspecified atom stereocenters. The maximum atomic E-state index is 12.0. The number of carbonyl (C=O) groups is 1. The second kappa shape index (κ2) is 8.15. The third kappa shape index (κ3) is 3.81. The molecule has 1 N–H and O–H groups in total. The largest absolute Gasteiger partial charge is 0.342 e. The molecular formula is C25H28N2O. The fourth-order valence-electron chi connectivity index (χ4n) is 4.48. The first-order valence-corrected chi connectivity index (χ1v) is 10.1. The predicted molar refractivity (Wildman–Crippen MR) is 115 cm³/mol. The van der Waals surface area contributed by atoms with Crippen molar-refractivity contribution in [3.8, 4) is 0 Å². The molecular weight excluding hydrogens is 344 g/mol. The average Bonchev–Trinajstić information content (AvgIpc) is 3.17. The molecule has 4 rings (SSSR count). The number of likely N-dealkylation sites (tertiary alicyclic amines) is 1. The van der Waals surface area contributed by atoms with E-state index in [1.807, 2.05) is 4.90 Å². The number of carbonyl (C=O) groups excluding carboxylic acids is 1. The zero-order chi connectivity index (χ0) is 19.5. The van der Waals surface area contributed by atoms with Gasteiger partial charge in [0.05, 0.1) is 0 Å². The number of hydrogen-bond donors (Lipinski definition) is 1. The normalized spacial score (nSPS) is 20.4. The highest BCUT2D eigenvalue weighted by Gasteiger charge is 2.34. The van der Waals surface area contributed by atoms with Gasteiger partial charge in [-0.2, -0.15) is 0 Å². The van der Waals surface area contributed by atoms with Gasteiger partial charge >= 0.3 is 0 Å². The molecule has 3 nitrogen and oxygen atoms in total. The molecule has 144 valence electrons. The van der Waals surface area contributed by atoms with E-state index in [0.29, 0.717) is 11.8 Å². The van der Waals surface area contributed by atoms with Crippen molar-refractivity contribution in [1.82, 2.24) is 10.2 Å². The minimum Gasteiger partial charge on any atom is -0.342 e. The van der Waals surface area contributed by atoms with E-state index in [4.69, 9.17) is 0 Å². The minimum atomic E-state index is 0.172. The van der Waals surface area contributed by atoms with Crippen LogP contribution in [-0.4, -0.2) is 30.4 Å². The number of benzene rings is 3. The molecule has 0 saturated carbocycles. The van der Waals surface area contributed by atoms with Crippen LogP contribution in [0.15, 0.2) is 72.8 Å². The summed E-state index contributed by atoms with van der Waals surface area (Å²) >= 11 is 0. The second-order valence-corrected chi connectivity index (χ2v) is 7.90. The molecule has 1 fully saturated rings. The average molecular weight is 373 g/mol. The van der Waals surface area contributed by atoms with E-state index in [1.54, 1.807) is 6.92 Å². The summed E-state index contributed by atoms with van der Waals surface area (Å²) in [5.74, 6) is 0.978. The molecule has 0 radical (unpaired) electrons. The summed E-state index contributed by atoms with van der Waals surface area (Å²) in [6, 6.07) is 25.9. The molecule has 3 heteroatoms. The van der Waals surface area contributed by atoms with Crippen LogP contribution in [-0.2, 0) is 4.79 Å². The highest BCUT2D eigenvalue weighted by atomic mass is 16.2. The van der Waals surface area contributed by atoms with Crippen LogP contribution >= 0.6 is 0 Å². The molecule has 0 spiro atoms. The first kappa shape index (κ1) is 18.7. The van der Waals surface area contributed by atoms with Gasteiger partial charge in [0.15, 0.2) is 0 Å². The number of hydrogen-bond acceptors (Lipinski definition) is 2. The van der Waals surface area contributed by atoms with Crippen LogP contribution in [0, 0.1) is 5.92 Å². The molecule has 1 heterocycles. The number of nitrogens with one attached hydrogen (secondary N) is 1. The lowest BCUT2D eigenvalue weighted by atomic mass is 9.88. The predicted octanol–water partition coefficient (Wildman–Crippen LogP) is 4.75. The summed E-state index contributed by atoms with van der Waals surface area (Å²) in [5.41, 5.74) is 2.66. The molecule has 0 aromatic heterocycles. The SMILES string of the molecule is CC(=O)N1C[C@H](CN[C@H](C)c2cccc3ccccc23)[C@@H](c2ccccc2)C1. The highest BCUT2D eigenvalue weighted by molar-refractivity contribution is 5.86. The maximum absolute atomic E-state index is 12.0. The van der Waals surface area contributed by atoms with Crippen LogP contribution in [0.25, 0.3) is 10.8 Å². The van der Waals surface area contributed by atoms with Gasteiger partial charge in [-0.05, 0) is 34.7 Å². The highest BCUT2D eigenvalue weighted by Crippen LogP contribution is 2.33. The Balaban J connectivity index is 1.51. The molecule has 0 aliphatic carbocycles.